The molecule has 0 aliphatic heterocycles. The minimum atomic E-state index is -0.309. The molecule has 4 heteroatoms. The van der Waals surface area contributed by atoms with Gasteiger partial charge in [-0.05, 0) is 12.5 Å². The smallest absolute Gasteiger partial charge is 0.333 e. The summed E-state index contributed by atoms with van der Waals surface area (Å²) in [5.74, 6) is -0.309. The highest BCUT2D eigenvalue weighted by Crippen LogP contribution is 2.06. The van der Waals surface area contributed by atoms with E-state index in [1.165, 1.54) is 13.4 Å². The number of nitrogens with zero attached hydrogens (tertiary/aromatic N) is 2. The van der Waals surface area contributed by atoms with Crippen molar-refractivity contribution >= 4 is 5.97 Å². The van der Waals surface area contributed by atoms with Crippen molar-refractivity contribution in [3.8, 4) is 0 Å². The molecule has 0 bridgehead atoms. The van der Waals surface area contributed by atoms with E-state index in [-0.39, 0.29) is 5.97 Å². The van der Waals surface area contributed by atoms with Crippen molar-refractivity contribution in [2.24, 2.45) is 0 Å². The summed E-state index contributed by atoms with van der Waals surface area (Å²) in [4.78, 5) is 18.9. The summed E-state index contributed by atoms with van der Waals surface area (Å²) in [6.45, 7) is 1.80. The van der Waals surface area contributed by atoms with Crippen LogP contribution in [-0.4, -0.2) is 23.0 Å². The van der Waals surface area contributed by atoms with Gasteiger partial charge >= 0.3 is 5.97 Å². The predicted octanol–water partition coefficient (Wildman–Crippen LogP) is 1.14. The zero-order valence-electron chi connectivity index (χ0n) is 8.23. The lowest BCUT2D eigenvalue weighted by Crippen LogP contribution is -2.07. The molecule has 1 rings (SSSR count). The molecule has 0 unspecified atom stereocenters. The first-order chi connectivity index (χ1) is 6.77. The Bertz CT molecular complexity index is 333. The topological polar surface area (TPSA) is 52.1 Å². The summed E-state index contributed by atoms with van der Waals surface area (Å²) in [6.07, 6.45) is 7.05. The number of carbonyl (C=O) groups excluding carboxylic acids is 1. The van der Waals surface area contributed by atoms with Crippen molar-refractivity contribution in [1.29, 1.82) is 0 Å². The number of hydrogen-bond acceptors (Lipinski definition) is 4. The third-order valence-electron chi connectivity index (χ3n) is 1.80. The van der Waals surface area contributed by atoms with Crippen molar-refractivity contribution in [3.63, 3.8) is 0 Å². The quantitative estimate of drug-likeness (QED) is 0.532. The van der Waals surface area contributed by atoms with Crippen LogP contribution in [0.5, 0.6) is 0 Å². The number of rotatable bonds is 3. The van der Waals surface area contributed by atoms with E-state index >= 15 is 0 Å². The van der Waals surface area contributed by atoms with Gasteiger partial charge in [-0.2, -0.15) is 0 Å². The Balaban J connectivity index is 2.73. The van der Waals surface area contributed by atoms with Gasteiger partial charge in [0.05, 0.1) is 7.11 Å². The van der Waals surface area contributed by atoms with E-state index in [9.17, 15) is 4.79 Å². The molecular weight excluding hydrogens is 180 g/mol. The van der Waals surface area contributed by atoms with Gasteiger partial charge in [0.2, 0.25) is 0 Å². The minimum absolute atomic E-state index is 0.309. The Kier molecular flexibility index (Phi) is 3.79. The maximum atomic E-state index is 11.2. The number of carbonyl (C=O) groups is 1. The fourth-order valence-corrected chi connectivity index (χ4v) is 1.06. The molecule has 0 aliphatic rings. The highest BCUT2D eigenvalue weighted by atomic mass is 16.5. The molecule has 4 nitrogen and oxygen atoms in total. The molecule has 1 heterocycles. The molecule has 0 aromatic carbocycles. The summed E-state index contributed by atoms with van der Waals surface area (Å²) >= 11 is 0. The second-order valence-electron chi connectivity index (χ2n) is 2.73. The number of methoxy groups -OCH3 is 1. The SMILES string of the molecule is CC=C(Cc1cncnc1)C(=O)OC. The summed E-state index contributed by atoms with van der Waals surface area (Å²) < 4.78 is 4.63. The molecule has 1 aromatic rings. The molecule has 0 aliphatic carbocycles. The summed E-state index contributed by atoms with van der Waals surface area (Å²) in [5.41, 5.74) is 1.51. The number of esters is 1. The largest absolute Gasteiger partial charge is 0.466 e. The van der Waals surface area contributed by atoms with Gasteiger partial charge in [0, 0.05) is 24.4 Å². The van der Waals surface area contributed by atoms with Gasteiger partial charge < -0.3 is 4.74 Å². The molecule has 0 spiro atoms. The van der Waals surface area contributed by atoms with Gasteiger partial charge in [-0.3, -0.25) is 0 Å². The van der Waals surface area contributed by atoms with Crippen molar-refractivity contribution in [2.45, 2.75) is 13.3 Å². The first-order valence-corrected chi connectivity index (χ1v) is 4.25. The molecule has 0 amide bonds. The third-order valence-corrected chi connectivity index (χ3v) is 1.80. The molecule has 0 radical (unpaired) electrons. The first-order valence-electron chi connectivity index (χ1n) is 4.25. The molecule has 14 heavy (non-hydrogen) atoms. The van der Waals surface area contributed by atoms with Gasteiger partial charge in [0.15, 0.2) is 0 Å². The van der Waals surface area contributed by atoms with E-state index in [1.54, 1.807) is 25.4 Å². The normalized spacial score (nSPS) is 11.1. The number of hydrogen-bond donors (Lipinski definition) is 0. The zero-order valence-corrected chi connectivity index (χ0v) is 8.23. The van der Waals surface area contributed by atoms with Crippen LogP contribution in [0.4, 0.5) is 0 Å². The highest BCUT2D eigenvalue weighted by Gasteiger charge is 2.08. The van der Waals surface area contributed by atoms with Gasteiger partial charge in [0.25, 0.3) is 0 Å². The molecule has 1 aromatic heterocycles. The maximum Gasteiger partial charge on any atom is 0.333 e. The van der Waals surface area contributed by atoms with Crippen LogP contribution in [0.3, 0.4) is 0 Å². The standard InChI is InChI=1S/C10H12N2O2/c1-3-9(10(13)14-2)4-8-5-11-7-12-6-8/h3,5-7H,4H2,1-2H3. The Morgan fingerprint density at radius 2 is 2.14 bits per heavy atom. The van der Waals surface area contributed by atoms with E-state index < -0.39 is 0 Å². The second kappa shape index (κ2) is 5.11. The molecule has 0 N–H and O–H groups in total. The molecule has 0 atom stereocenters. The van der Waals surface area contributed by atoms with Crippen molar-refractivity contribution < 1.29 is 9.53 Å². The number of aromatic nitrogens is 2. The van der Waals surface area contributed by atoms with E-state index in [2.05, 4.69) is 14.7 Å². The summed E-state index contributed by atoms with van der Waals surface area (Å²) in [7, 11) is 1.37. The maximum absolute atomic E-state index is 11.2. The van der Waals surface area contributed by atoms with Crippen molar-refractivity contribution in [2.75, 3.05) is 7.11 Å². The van der Waals surface area contributed by atoms with Crippen LogP contribution < -0.4 is 0 Å². The summed E-state index contributed by atoms with van der Waals surface area (Å²) in [6, 6.07) is 0. The zero-order chi connectivity index (χ0) is 10.4. The minimum Gasteiger partial charge on any atom is -0.466 e. The van der Waals surface area contributed by atoms with Crippen LogP contribution >= 0.6 is 0 Å². The Morgan fingerprint density at radius 1 is 1.50 bits per heavy atom. The van der Waals surface area contributed by atoms with Gasteiger partial charge in [0.1, 0.15) is 6.33 Å². The second-order valence-corrected chi connectivity index (χ2v) is 2.73. The van der Waals surface area contributed by atoms with Crippen molar-refractivity contribution in [1.82, 2.24) is 9.97 Å². The summed E-state index contributed by atoms with van der Waals surface area (Å²) in [5, 5.41) is 0. The van der Waals surface area contributed by atoms with Crippen LogP contribution in [0.15, 0.2) is 30.4 Å². The van der Waals surface area contributed by atoms with Crippen LogP contribution in [0, 0.1) is 0 Å². The van der Waals surface area contributed by atoms with Crippen LogP contribution in [0.2, 0.25) is 0 Å². The van der Waals surface area contributed by atoms with Crippen LogP contribution in [0.1, 0.15) is 12.5 Å². The molecule has 0 fully saturated rings. The number of allylic oxidation sites excluding steroid dienone is 1. The lowest BCUT2D eigenvalue weighted by molar-refractivity contribution is -0.136. The van der Waals surface area contributed by atoms with Crippen LogP contribution in [0.25, 0.3) is 0 Å². The average molecular weight is 192 g/mol. The van der Waals surface area contributed by atoms with Crippen molar-refractivity contribution in [3.05, 3.63) is 35.9 Å². The molecule has 74 valence electrons. The van der Waals surface area contributed by atoms with E-state index in [4.69, 9.17) is 0 Å². The fourth-order valence-electron chi connectivity index (χ4n) is 1.06. The number of ether oxygens (including phenoxy) is 1. The average Bonchev–Trinajstić information content (AvgIpc) is 2.26. The fraction of sp³-hybridized carbons (Fsp3) is 0.300. The Labute approximate surface area is 82.6 Å². The monoisotopic (exact) mass is 192 g/mol. The molecule has 0 saturated carbocycles. The highest BCUT2D eigenvalue weighted by molar-refractivity contribution is 5.88. The lowest BCUT2D eigenvalue weighted by atomic mass is 10.1. The van der Waals surface area contributed by atoms with Gasteiger partial charge in [-0.25, -0.2) is 14.8 Å². The third kappa shape index (κ3) is 2.65. The Hall–Kier alpha value is -1.71. The molecule has 0 saturated heterocycles. The predicted molar refractivity (Wildman–Crippen MR) is 51.5 cm³/mol. The van der Waals surface area contributed by atoms with E-state index in [0.717, 1.165) is 5.56 Å². The molecular formula is C10H12N2O2. The van der Waals surface area contributed by atoms with Gasteiger partial charge in [-0.1, -0.05) is 6.08 Å². The Morgan fingerprint density at radius 3 is 2.64 bits per heavy atom. The van der Waals surface area contributed by atoms with E-state index in [1.807, 2.05) is 0 Å². The van der Waals surface area contributed by atoms with E-state index in [0.29, 0.717) is 12.0 Å². The lowest BCUT2D eigenvalue weighted by Gasteiger charge is -2.03. The van der Waals surface area contributed by atoms with Gasteiger partial charge in [-0.15, -0.1) is 0 Å². The first kappa shape index (κ1) is 10.4. The van der Waals surface area contributed by atoms with Crippen LogP contribution in [-0.2, 0) is 16.0 Å².